The molecule has 0 saturated carbocycles. The first-order valence-electron chi connectivity index (χ1n) is 9.72. The molecule has 2 N–H and O–H groups in total. The van der Waals surface area contributed by atoms with Gasteiger partial charge in [-0.3, -0.25) is 4.79 Å². The highest BCUT2D eigenvalue weighted by atomic mass is 79.9. The largest absolute Gasteiger partial charge is 0.493 e. The molecule has 0 aromatic heterocycles. The van der Waals surface area contributed by atoms with Gasteiger partial charge in [0.25, 0.3) is 5.91 Å². The number of halogens is 1. The number of nitrogens with zero attached hydrogens (tertiary/aromatic N) is 1. The van der Waals surface area contributed by atoms with E-state index in [1.54, 1.807) is 54.6 Å². The fourth-order valence-corrected chi connectivity index (χ4v) is 3.16. The number of carbonyl (C=O) groups is 2. The second-order valence-corrected chi connectivity index (χ2v) is 7.72. The highest BCUT2D eigenvalue weighted by Crippen LogP contribution is 2.33. The van der Waals surface area contributed by atoms with E-state index in [1.807, 2.05) is 6.07 Å². The minimum atomic E-state index is -1.01. The van der Waals surface area contributed by atoms with E-state index in [4.69, 9.17) is 14.6 Å². The molecule has 166 valence electrons. The molecule has 0 aliphatic rings. The van der Waals surface area contributed by atoms with Crippen LogP contribution < -0.4 is 14.8 Å². The summed E-state index contributed by atoms with van der Waals surface area (Å²) in [5.74, 6) is -0.786. The molecule has 0 aliphatic heterocycles. The number of nitrogens with one attached hydrogen (secondary N) is 1. The number of anilines is 1. The van der Waals surface area contributed by atoms with E-state index >= 15 is 0 Å². The van der Waals surface area contributed by atoms with Gasteiger partial charge in [-0.1, -0.05) is 40.2 Å². The van der Waals surface area contributed by atoms with E-state index in [0.29, 0.717) is 22.7 Å². The normalized spacial score (nSPS) is 10.8. The standard InChI is InChI=1S/C25H19BrN2O5/c1-32-22-4-2-3-18(23(22)33-15-16-5-7-17(8-6-16)25(30)31)13-19(14-27)24(29)28-21-11-9-20(26)10-12-21/h2-13H,15H2,1H3,(H,28,29)(H,30,31)/b19-13-. The molecule has 3 aromatic carbocycles. The Morgan fingerprint density at radius 1 is 1.09 bits per heavy atom. The first kappa shape index (κ1) is 23.6. The lowest BCUT2D eigenvalue weighted by atomic mass is 10.1. The summed E-state index contributed by atoms with van der Waals surface area (Å²) in [6.45, 7) is 0.133. The lowest BCUT2D eigenvalue weighted by molar-refractivity contribution is -0.112. The van der Waals surface area contributed by atoms with Crippen LogP contribution in [0.3, 0.4) is 0 Å². The Labute approximate surface area is 199 Å². The maximum atomic E-state index is 12.6. The van der Waals surface area contributed by atoms with E-state index in [-0.39, 0.29) is 17.7 Å². The first-order valence-corrected chi connectivity index (χ1v) is 10.5. The van der Waals surface area contributed by atoms with Crippen molar-refractivity contribution in [1.82, 2.24) is 0 Å². The fraction of sp³-hybridized carbons (Fsp3) is 0.0800. The Morgan fingerprint density at radius 2 is 1.79 bits per heavy atom. The van der Waals surface area contributed by atoms with E-state index in [0.717, 1.165) is 10.0 Å². The molecular formula is C25H19BrN2O5. The number of hydrogen-bond donors (Lipinski definition) is 2. The van der Waals surface area contributed by atoms with Gasteiger partial charge in [-0.05, 0) is 54.1 Å². The number of aromatic carboxylic acids is 1. The third-order valence-corrected chi connectivity index (χ3v) is 5.11. The van der Waals surface area contributed by atoms with Crippen molar-refractivity contribution in [2.24, 2.45) is 0 Å². The van der Waals surface area contributed by atoms with Gasteiger partial charge in [0.05, 0.1) is 12.7 Å². The number of para-hydroxylation sites is 1. The molecule has 33 heavy (non-hydrogen) atoms. The van der Waals surface area contributed by atoms with Crippen LogP contribution in [0.25, 0.3) is 6.08 Å². The monoisotopic (exact) mass is 506 g/mol. The van der Waals surface area contributed by atoms with Crippen LogP contribution in [0.15, 0.2) is 76.8 Å². The minimum Gasteiger partial charge on any atom is -0.493 e. The van der Waals surface area contributed by atoms with Crippen LogP contribution in [-0.2, 0) is 11.4 Å². The maximum Gasteiger partial charge on any atom is 0.335 e. The van der Waals surface area contributed by atoms with Crippen LogP contribution in [-0.4, -0.2) is 24.1 Å². The van der Waals surface area contributed by atoms with Crippen molar-refractivity contribution in [3.8, 4) is 17.6 Å². The van der Waals surface area contributed by atoms with Crippen molar-refractivity contribution in [2.75, 3.05) is 12.4 Å². The van der Waals surface area contributed by atoms with Crippen LogP contribution in [0.5, 0.6) is 11.5 Å². The number of hydrogen-bond acceptors (Lipinski definition) is 5. The smallest absolute Gasteiger partial charge is 0.335 e. The lowest BCUT2D eigenvalue weighted by Crippen LogP contribution is -2.13. The number of ether oxygens (including phenoxy) is 2. The maximum absolute atomic E-state index is 12.6. The molecule has 0 fully saturated rings. The van der Waals surface area contributed by atoms with Gasteiger partial charge in [0.15, 0.2) is 11.5 Å². The van der Waals surface area contributed by atoms with Crippen LogP contribution >= 0.6 is 15.9 Å². The molecule has 0 bridgehead atoms. The third-order valence-electron chi connectivity index (χ3n) is 4.58. The molecule has 0 spiro atoms. The molecule has 0 heterocycles. The molecule has 8 heteroatoms. The van der Waals surface area contributed by atoms with Crippen LogP contribution in [0.4, 0.5) is 5.69 Å². The molecule has 3 aromatic rings. The third kappa shape index (κ3) is 6.21. The summed E-state index contributed by atoms with van der Waals surface area (Å²) in [7, 11) is 1.49. The average Bonchev–Trinajstić information content (AvgIpc) is 2.82. The molecule has 3 rings (SSSR count). The number of amides is 1. The molecule has 0 saturated heterocycles. The fourth-order valence-electron chi connectivity index (χ4n) is 2.90. The van der Waals surface area contributed by atoms with Crippen molar-refractivity contribution < 1.29 is 24.2 Å². The minimum absolute atomic E-state index is 0.109. The molecule has 0 unspecified atom stereocenters. The zero-order chi connectivity index (χ0) is 23.8. The Hall–Kier alpha value is -4.09. The predicted molar refractivity (Wildman–Crippen MR) is 127 cm³/mol. The van der Waals surface area contributed by atoms with Gasteiger partial charge in [0, 0.05) is 15.7 Å². The van der Waals surface area contributed by atoms with Crippen molar-refractivity contribution in [2.45, 2.75) is 6.61 Å². The van der Waals surface area contributed by atoms with Crippen molar-refractivity contribution in [3.05, 3.63) is 93.5 Å². The summed E-state index contributed by atoms with van der Waals surface area (Å²) in [5, 5.41) is 21.3. The van der Waals surface area contributed by atoms with Gasteiger partial charge in [0.1, 0.15) is 18.2 Å². The van der Waals surface area contributed by atoms with E-state index < -0.39 is 11.9 Å². The SMILES string of the molecule is COc1cccc(/C=C(/C#N)C(=O)Nc2ccc(Br)cc2)c1OCc1ccc(C(=O)O)cc1. The van der Waals surface area contributed by atoms with Crippen molar-refractivity contribution in [3.63, 3.8) is 0 Å². The highest BCUT2D eigenvalue weighted by molar-refractivity contribution is 9.10. The summed E-state index contributed by atoms with van der Waals surface area (Å²) in [5.41, 5.74) is 1.85. The number of benzene rings is 3. The Morgan fingerprint density at radius 3 is 2.39 bits per heavy atom. The Kier molecular flexibility index (Phi) is 7.84. The molecular weight excluding hydrogens is 488 g/mol. The Balaban J connectivity index is 1.84. The summed E-state index contributed by atoms with van der Waals surface area (Å²) >= 11 is 3.33. The zero-order valence-corrected chi connectivity index (χ0v) is 19.1. The van der Waals surface area contributed by atoms with Gasteiger partial charge in [-0.2, -0.15) is 5.26 Å². The molecule has 0 radical (unpaired) electrons. The Bertz CT molecular complexity index is 1230. The molecule has 0 atom stereocenters. The van der Waals surface area contributed by atoms with E-state index in [9.17, 15) is 14.9 Å². The topological polar surface area (TPSA) is 109 Å². The van der Waals surface area contributed by atoms with Gasteiger partial charge >= 0.3 is 5.97 Å². The number of methoxy groups -OCH3 is 1. The van der Waals surface area contributed by atoms with Gasteiger partial charge in [-0.15, -0.1) is 0 Å². The summed E-state index contributed by atoms with van der Waals surface area (Å²) < 4.78 is 12.2. The predicted octanol–water partition coefficient (Wildman–Crippen LogP) is 5.28. The molecule has 1 amide bonds. The van der Waals surface area contributed by atoms with E-state index in [2.05, 4.69) is 21.2 Å². The van der Waals surface area contributed by atoms with Gasteiger partial charge in [0.2, 0.25) is 0 Å². The van der Waals surface area contributed by atoms with Crippen LogP contribution in [0, 0.1) is 11.3 Å². The second kappa shape index (κ2) is 11.0. The molecule has 0 aliphatic carbocycles. The average molecular weight is 507 g/mol. The summed E-state index contributed by atoms with van der Waals surface area (Å²) in [6, 6.07) is 20.3. The lowest BCUT2D eigenvalue weighted by Gasteiger charge is -2.14. The van der Waals surface area contributed by atoms with Gasteiger partial charge < -0.3 is 19.9 Å². The van der Waals surface area contributed by atoms with E-state index in [1.165, 1.54) is 25.3 Å². The first-order chi connectivity index (χ1) is 15.9. The number of nitriles is 1. The summed E-state index contributed by atoms with van der Waals surface area (Å²) in [6.07, 6.45) is 1.43. The van der Waals surface area contributed by atoms with Crippen LogP contribution in [0.2, 0.25) is 0 Å². The number of rotatable bonds is 8. The van der Waals surface area contributed by atoms with Crippen molar-refractivity contribution >= 4 is 39.6 Å². The molecule has 7 nitrogen and oxygen atoms in total. The van der Waals surface area contributed by atoms with Crippen molar-refractivity contribution in [1.29, 1.82) is 5.26 Å². The second-order valence-electron chi connectivity index (χ2n) is 6.80. The number of carboxylic acid groups (broad SMARTS) is 1. The number of carboxylic acids is 1. The van der Waals surface area contributed by atoms with Crippen LogP contribution in [0.1, 0.15) is 21.5 Å². The van der Waals surface area contributed by atoms with Gasteiger partial charge in [-0.25, -0.2) is 4.79 Å². The summed E-state index contributed by atoms with van der Waals surface area (Å²) in [4.78, 5) is 23.7. The highest BCUT2D eigenvalue weighted by Gasteiger charge is 2.15. The zero-order valence-electron chi connectivity index (χ0n) is 17.5. The number of carbonyl (C=O) groups excluding carboxylic acids is 1. The quantitative estimate of drug-likeness (QED) is 0.317.